The number of carbonyl (C=O) groups excluding carboxylic acids is 2. The zero-order valence-corrected chi connectivity index (χ0v) is 40.6. The molecule has 0 radical (unpaired) electrons. The number of hydrogen-bond donors (Lipinski definition) is 3. The fourth-order valence-corrected chi connectivity index (χ4v) is 9.73. The van der Waals surface area contributed by atoms with Gasteiger partial charge in [-0.1, -0.05) is 57.8 Å². The largest absolute Gasteiger partial charge is 0.497 e. The van der Waals surface area contributed by atoms with E-state index in [0.717, 1.165) is 24.0 Å². The van der Waals surface area contributed by atoms with Gasteiger partial charge in [0.2, 0.25) is 5.79 Å². The Hall–Kier alpha value is -6.17. The van der Waals surface area contributed by atoms with Gasteiger partial charge in [0.15, 0.2) is 0 Å². The normalized spacial score (nSPS) is 21.9. The van der Waals surface area contributed by atoms with Crippen molar-refractivity contribution in [2.75, 3.05) is 52.5 Å². The third-order valence-electron chi connectivity index (χ3n) is 12.8. The average Bonchev–Trinajstić information content (AvgIpc) is 3.33. The number of nitrogens with one attached hydrogen (secondary N) is 1. The van der Waals surface area contributed by atoms with E-state index in [4.69, 9.17) is 38.4 Å². The first kappa shape index (κ1) is 52.2. The molecule has 0 spiro atoms. The second kappa shape index (κ2) is 23.9. The van der Waals surface area contributed by atoms with Gasteiger partial charge in [-0.2, -0.15) is 0 Å². The van der Waals surface area contributed by atoms with Crippen LogP contribution in [0, 0.1) is 33.3 Å². The lowest BCUT2D eigenvalue weighted by Gasteiger charge is -2.60. The van der Waals surface area contributed by atoms with Crippen LogP contribution in [0.25, 0.3) is 0 Å². The Balaban J connectivity index is 1.53. The second-order valence-electron chi connectivity index (χ2n) is 18.9. The summed E-state index contributed by atoms with van der Waals surface area (Å²) in [7, 11) is 3.02. The van der Waals surface area contributed by atoms with Crippen LogP contribution >= 0.6 is 0 Å². The minimum absolute atomic E-state index is 0.00610. The maximum atomic E-state index is 14.6. The van der Waals surface area contributed by atoms with Crippen molar-refractivity contribution in [3.05, 3.63) is 106 Å². The Kier molecular flexibility index (Phi) is 18.1. The van der Waals surface area contributed by atoms with E-state index in [0.29, 0.717) is 72.9 Å². The fraction of sp³-hybridized carbons (Fsp3) is 0.519. The summed E-state index contributed by atoms with van der Waals surface area (Å²) < 4.78 is 37.2. The summed E-state index contributed by atoms with van der Waals surface area (Å²) in [5, 5.41) is 39.0. The molecule has 0 saturated heterocycles. The number of anilines is 1. The number of unbranched alkanes of at least 4 members (excludes halogenated alkanes) is 2. The second-order valence-corrected chi connectivity index (χ2v) is 18.9. The lowest BCUT2D eigenvalue weighted by Crippen LogP contribution is -2.70. The number of rotatable bonds is 23. The quantitative estimate of drug-likeness (QED) is 0.0350. The molecule has 3 aliphatic rings. The van der Waals surface area contributed by atoms with Crippen molar-refractivity contribution < 1.29 is 58.0 Å². The number of aliphatic hydroxyl groups excluding tert-OH is 2. The van der Waals surface area contributed by atoms with E-state index in [1.807, 2.05) is 33.8 Å². The van der Waals surface area contributed by atoms with Crippen molar-refractivity contribution in [1.29, 1.82) is 0 Å². The van der Waals surface area contributed by atoms with Crippen LogP contribution in [-0.2, 0) is 20.9 Å². The Bertz CT molecular complexity index is 2310. The van der Waals surface area contributed by atoms with Gasteiger partial charge in [0, 0.05) is 55.9 Å². The highest BCUT2D eigenvalue weighted by molar-refractivity contribution is 6.03. The molecule has 17 heteroatoms. The molecule has 3 aromatic carbocycles. The molecule has 0 aromatic heterocycles. The molecular formula is C52H68N4O13. The van der Waals surface area contributed by atoms with Crippen molar-refractivity contribution >= 4 is 29.3 Å². The molecular weight excluding hydrogens is 889 g/mol. The average molecular weight is 957 g/mol. The smallest absolute Gasteiger partial charge is 0.417 e. The third kappa shape index (κ3) is 12.5. The van der Waals surface area contributed by atoms with Crippen LogP contribution in [0.2, 0.25) is 0 Å². The van der Waals surface area contributed by atoms with Gasteiger partial charge in [-0.05, 0) is 103 Å². The Morgan fingerprint density at radius 3 is 2.38 bits per heavy atom. The highest BCUT2D eigenvalue weighted by Gasteiger charge is 2.65. The molecule has 6 atom stereocenters. The number of fused-ring (bicyclic) bond motifs is 2. The zero-order chi connectivity index (χ0) is 49.7. The van der Waals surface area contributed by atoms with Gasteiger partial charge in [-0.15, -0.1) is 6.58 Å². The molecule has 1 saturated carbocycles. The molecule has 0 bridgehead atoms. The number of oxime groups is 1. The summed E-state index contributed by atoms with van der Waals surface area (Å²) >= 11 is 0. The number of allylic oxidation sites excluding steroid dienone is 1. The number of amides is 2. The van der Waals surface area contributed by atoms with E-state index in [9.17, 15) is 29.9 Å². The minimum atomic E-state index is -1.54. The number of aliphatic hydroxyl groups is 2. The number of nitrogens with zero attached hydrogens (tertiary/aromatic N) is 3. The summed E-state index contributed by atoms with van der Waals surface area (Å²) in [6.45, 7) is 12.5. The van der Waals surface area contributed by atoms with E-state index in [-0.39, 0.29) is 68.1 Å². The van der Waals surface area contributed by atoms with E-state index in [1.165, 1.54) is 26.4 Å². The summed E-state index contributed by atoms with van der Waals surface area (Å²) in [4.78, 5) is 46.9. The van der Waals surface area contributed by atoms with Crippen molar-refractivity contribution in [3.63, 3.8) is 0 Å². The summed E-state index contributed by atoms with van der Waals surface area (Å²) in [6.07, 6.45) is 7.31. The summed E-state index contributed by atoms with van der Waals surface area (Å²) in [5.74, 6) is -1.10. The van der Waals surface area contributed by atoms with Gasteiger partial charge in [-0.25, -0.2) is 9.59 Å². The van der Waals surface area contributed by atoms with Crippen molar-refractivity contribution in [2.24, 2.45) is 28.3 Å². The van der Waals surface area contributed by atoms with E-state index in [1.54, 1.807) is 53.4 Å². The molecule has 17 nitrogen and oxygen atoms in total. The first-order valence-electron chi connectivity index (χ1n) is 23.8. The topological polar surface area (TPSA) is 210 Å². The highest BCUT2D eigenvalue weighted by Crippen LogP contribution is 2.62. The molecule has 1 heterocycles. The van der Waals surface area contributed by atoms with E-state index < -0.39 is 40.8 Å². The van der Waals surface area contributed by atoms with Gasteiger partial charge in [-0.3, -0.25) is 20.3 Å². The van der Waals surface area contributed by atoms with E-state index >= 15 is 0 Å². The molecule has 1 fully saturated rings. The van der Waals surface area contributed by atoms with Crippen LogP contribution in [-0.4, -0.2) is 97.0 Å². The number of ether oxygens (including phenoxy) is 6. The number of nitro benzene ring substituents is 1. The van der Waals surface area contributed by atoms with Crippen LogP contribution in [0.15, 0.2) is 90.1 Å². The first-order valence-corrected chi connectivity index (χ1v) is 23.8. The predicted molar refractivity (Wildman–Crippen MR) is 260 cm³/mol. The molecule has 3 N–H and O–H groups in total. The van der Waals surface area contributed by atoms with Gasteiger partial charge in [0.05, 0.1) is 49.7 Å². The predicted octanol–water partition coefficient (Wildman–Crippen LogP) is 9.95. The van der Waals surface area contributed by atoms with Crippen molar-refractivity contribution in [1.82, 2.24) is 4.90 Å². The minimum Gasteiger partial charge on any atom is -0.497 e. The van der Waals surface area contributed by atoms with Gasteiger partial charge >= 0.3 is 12.2 Å². The Labute approximate surface area is 404 Å². The van der Waals surface area contributed by atoms with Crippen LogP contribution in [0.1, 0.15) is 96.1 Å². The summed E-state index contributed by atoms with van der Waals surface area (Å²) in [5.41, 5.74) is 2.78. The molecule has 2 amide bonds. The maximum Gasteiger partial charge on any atom is 0.417 e. The maximum absolute atomic E-state index is 14.6. The number of benzene rings is 3. The lowest BCUT2D eigenvalue weighted by atomic mass is 9.55. The molecule has 2 aliphatic carbocycles. The molecule has 374 valence electrons. The van der Waals surface area contributed by atoms with Crippen LogP contribution in [0.5, 0.6) is 23.0 Å². The number of hydrogen-bond acceptors (Lipinski definition) is 14. The van der Waals surface area contributed by atoms with Crippen molar-refractivity contribution in [3.8, 4) is 23.0 Å². The molecule has 1 aliphatic heterocycles. The fourth-order valence-electron chi connectivity index (χ4n) is 9.73. The van der Waals surface area contributed by atoms with Crippen molar-refractivity contribution in [2.45, 2.75) is 103 Å². The summed E-state index contributed by atoms with van der Waals surface area (Å²) in [6, 6.07) is 15.5. The standard InChI is InChI=1S/C52H68N4O13/c1-8-24-55(50(60)65-33-51(3,4)5)46-31-43(54-67-32-34-16-18-36(19-17-34)56(61)62)40-28-35(14-10-12-25-57)39(15-11-13-26-58)47-41-29-38(21-23-44(41)69-52(46,48(40)47)66-27-9-2)68-49(59)53-42-22-20-37(63-6)30-45(42)64-7/h9,16-23,28-30,35,39,46-48,57-58H,2,8,10-15,24-27,31-33H2,1,3-7H3,(H,53,59). The van der Waals surface area contributed by atoms with E-state index in [2.05, 4.69) is 18.0 Å². The van der Waals surface area contributed by atoms with Crippen LogP contribution < -0.4 is 24.3 Å². The Morgan fingerprint density at radius 2 is 1.72 bits per heavy atom. The monoisotopic (exact) mass is 956 g/mol. The Morgan fingerprint density at radius 1 is 1.00 bits per heavy atom. The first-order chi connectivity index (χ1) is 33.2. The van der Waals surface area contributed by atoms with Crippen LogP contribution in [0.4, 0.5) is 21.0 Å². The number of non-ortho nitro benzene ring substituents is 1. The highest BCUT2D eigenvalue weighted by atomic mass is 16.7. The number of nitro groups is 1. The molecule has 69 heavy (non-hydrogen) atoms. The van der Waals surface area contributed by atoms with Gasteiger partial charge in [0.25, 0.3) is 5.69 Å². The molecule has 3 aromatic rings. The lowest BCUT2D eigenvalue weighted by molar-refractivity contribution is -0.384. The number of carbonyl (C=O) groups is 2. The zero-order valence-electron chi connectivity index (χ0n) is 40.6. The third-order valence-corrected chi connectivity index (χ3v) is 12.8. The molecule has 6 rings (SSSR count). The van der Waals surface area contributed by atoms with Gasteiger partial charge in [0.1, 0.15) is 35.6 Å². The SMILES string of the molecule is C=CCOC12Oc3ccc(OC(=O)Nc4ccc(OC)cc4OC)cc3C3C(CCCCO)C(CCCCO)C=C(C(=NOCc4ccc([N+](=O)[O-])cc4)CC1N(CCC)C(=O)OCC(C)(C)C)C32. The van der Waals surface area contributed by atoms with Gasteiger partial charge < -0.3 is 43.5 Å². The van der Waals surface area contributed by atoms with Crippen LogP contribution in [0.3, 0.4) is 0 Å². The molecule has 6 unspecified atom stereocenters. The number of methoxy groups -OCH3 is 2.